The Kier molecular flexibility index (Phi) is 6.14. The van der Waals surface area contributed by atoms with Crippen LogP contribution in [0.15, 0.2) is 67.0 Å². The van der Waals surface area contributed by atoms with Gasteiger partial charge >= 0.3 is 5.97 Å². The number of para-hydroxylation sites is 1. The van der Waals surface area contributed by atoms with Crippen molar-refractivity contribution in [2.75, 3.05) is 0 Å². The van der Waals surface area contributed by atoms with E-state index in [4.69, 9.17) is 9.47 Å². The van der Waals surface area contributed by atoms with E-state index in [9.17, 15) is 10.1 Å². The van der Waals surface area contributed by atoms with Crippen molar-refractivity contribution in [3.8, 4) is 17.6 Å². The SMILES string of the molecule is CC(C)(C)c1ncc([C@H]2[C@H](C(=O)OC(C#N)c3cccc(Oc4ccccc4)c3)C2(C)C)cn1. The number of hydrogen-bond acceptors (Lipinski definition) is 6. The Hall–Kier alpha value is -3.72. The largest absolute Gasteiger partial charge is 0.457 e. The van der Waals surface area contributed by atoms with Gasteiger partial charge in [0, 0.05) is 29.3 Å². The van der Waals surface area contributed by atoms with Crippen molar-refractivity contribution < 1.29 is 14.3 Å². The quantitative estimate of drug-likeness (QED) is 0.417. The van der Waals surface area contributed by atoms with Crippen molar-refractivity contribution >= 4 is 5.97 Å². The summed E-state index contributed by atoms with van der Waals surface area (Å²) >= 11 is 0. The van der Waals surface area contributed by atoms with Crippen molar-refractivity contribution in [1.29, 1.82) is 5.26 Å². The highest BCUT2D eigenvalue weighted by molar-refractivity contribution is 5.80. The second kappa shape index (κ2) is 8.90. The summed E-state index contributed by atoms with van der Waals surface area (Å²) in [6, 6.07) is 18.5. The van der Waals surface area contributed by atoms with E-state index in [0.717, 1.165) is 11.4 Å². The van der Waals surface area contributed by atoms with Crippen LogP contribution in [0.4, 0.5) is 0 Å². The zero-order valence-electron chi connectivity index (χ0n) is 20.1. The number of nitriles is 1. The molecule has 2 aromatic carbocycles. The normalized spacial score (nSPS) is 19.5. The molecule has 4 rings (SSSR count). The lowest BCUT2D eigenvalue weighted by Gasteiger charge is -2.16. The Morgan fingerprint density at radius 1 is 1.03 bits per heavy atom. The Labute approximate surface area is 200 Å². The second-order valence-corrected chi connectivity index (χ2v) is 10.3. The van der Waals surface area contributed by atoms with E-state index in [2.05, 4.69) is 36.8 Å². The maximum Gasteiger partial charge on any atom is 0.311 e. The highest BCUT2D eigenvalue weighted by Crippen LogP contribution is 2.64. The van der Waals surface area contributed by atoms with Gasteiger partial charge in [0.05, 0.1) is 5.92 Å². The molecule has 1 unspecified atom stereocenters. The molecule has 3 atom stereocenters. The van der Waals surface area contributed by atoms with Crippen molar-refractivity contribution in [2.24, 2.45) is 11.3 Å². The van der Waals surface area contributed by atoms with Gasteiger partial charge in [0.1, 0.15) is 23.4 Å². The van der Waals surface area contributed by atoms with Gasteiger partial charge in [-0.3, -0.25) is 4.79 Å². The third kappa shape index (κ3) is 4.79. The number of esters is 1. The third-order valence-corrected chi connectivity index (χ3v) is 6.27. The molecule has 34 heavy (non-hydrogen) atoms. The van der Waals surface area contributed by atoms with Gasteiger partial charge in [-0.2, -0.15) is 5.26 Å². The first-order chi connectivity index (χ1) is 16.1. The molecular formula is C28H29N3O3. The minimum atomic E-state index is -1.02. The first kappa shape index (κ1) is 23.4. The van der Waals surface area contributed by atoms with Crippen LogP contribution in [0.1, 0.15) is 63.6 Å². The van der Waals surface area contributed by atoms with E-state index >= 15 is 0 Å². The lowest BCUT2D eigenvalue weighted by atomic mass is 9.95. The number of aromatic nitrogens is 2. The summed E-state index contributed by atoms with van der Waals surface area (Å²) < 4.78 is 11.5. The summed E-state index contributed by atoms with van der Waals surface area (Å²) in [4.78, 5) is 22.1. The van der Waals surface area contributed by atoms with Crippen LogP contribution in [0.25, 0.3) is 0 Å². The van der Waals surface area contributed by atoms with E-state index in [1.165, 1.54) is 0 Å². The number of carbonyl (C=O) groups is 1. The molecular weight excluding hydrogens is 426 g/mol. The number of nitrogens with zero attached hydrogens (tertiary/aromatic N) is 3. The monoisotopic (exact) mass is 455 g/mol. The highest BCUT2D eigenvalue weighted by atomic mass is 16.5. The fourth-order valence-electron chi connectivity index (χ4n) is 4.31. The summed E-state index contributed by atoms with van der Waals surface area (Å²) in [7, 11) is 0. The molecule has 0 spiro atoms. The van der Waals surface area contributed by atoms with Crippen LogP contribution in [0.2, 0.25) is 0 Å². The van der Waals surface area contributed by atoms with E-state index in [1.54, 1.807) is 36.7 Å². The van der Waals surface area contributed by atoms with Gasteiger partial charge in [-0.05, 0) is 35.2 Å². The topological polar surface area (TPSA) is 85.1 Å². The zero-order valence-corrected chi connectivity index (χ0v) is 20.1. The van der Waals surface area contributed by atoms with Crippen LogP contribution in [-0.4, -0.2) is 15.9 Å². The van der Waals surface area contributed by atoms with E-state index in [0.29, 0.717) is 17.1 Å². The van der Waals surface area contributed by atoms with Crippen molar-refractivity contribution in [3.05, 3.63) is 83.9 Å². The van der Waals surface area contributed by atoms with Crippen LogP contribution in [-0.2, 0) is 14.9 Å². The first-order valence-electron chi connectivity index (χ1n) is 11.4. The van der Waals surface area contributed by atoms with Gasteiger partial charge in [-0.1, -0.05) is 65.0 Å². The van der Waals surface area contributed by atoms with Gasteiger partial charge in [0.2, 0.25) is 6.10 Å². The van der Waals surface area contributed by atoms with Gasteiger partial charge in [-0.15, -0.1) is 0 Å². The fraction of sp³-hybridized carbons (Fsp3) is 0.357. The van der Waals surface area contributed by atoms with Crippen LogP contribution in [0.3, 0.4) is 0 Å². The predicted octanol–water partition coefficient (Wildman–Crippen LogP) is 6.11. The van der Waals surface area contributed by atoms with Crippen LogP contribution in [0, 0.1) is 22.7 Å². The maximum absolute atomic E-state index is 13.1. The predicted molar refractivity (Wildman–Crippen MR) is 128 cm³/mol. The summed E-state index contributed by atoms with van der Waals surface area (Å²) in [6.07, 6.45) is 2.59. The number of benzene rings is 2. The lowest BCUT2D eigenvalue weighted by molar-refractivity contribution is -0.149. The average Bonchev–Trinajstić information content (AvgIpc) is 3.39. The van der Waals surface area contributed by atoms with Crippen LogP contribution < -0.4 is 4.74 Å². The Bertz CT molecular complexity index is 1210. The molecule has 174 valence electrons. The van der Waals surface area contributed by atoms with Crippen molar-refractivity contribution in [2.45, 2.75) is 52.1 Å². The zero-order chi connectivity index (χ0) is 24.5. The first-order valence-corrected chi connectivity index (χ1v) is 11.4. The Balaban J connectivity index is 1.47. The fourth-order valence-corrected chi connectivity index (χ4v) is 4.31. The number of rotatable bonds is 6. The van der Waals surface area contributed by atoms with Crippen LogP contribution in [0.5, 0.6) is 11.5 Å². The highest BCUT2D eigenvalue weighted by Gasteiger charge is 2.63. The molecule has 0 aliphatic heterocycles. The van der Waals surface area contributed by atoms with Gasteiger partial charge in [0.15, 0.2) is 0 Å². The Morgan fingerprint density at radius 3 is 2.29 bits per heavy atom. The molecule has 0 amide bonds. The average molecular weight is 456 g/mol. The molecule has 1 heterocycles. The molecule has 0 bridgehead atoms. The van der Waals surface area contributed by atoms with Gasteiger partial charge < -0.3 is 9.47 Å². The lowest BCUT2D eigenvalue weighted by Crippen LogP contribution is -2.16. The Morgan fingerprint density at radius 2 is 1.68 bits per heavy atom. The molecule has 1 fully saturated rings. The summed E-state index contributed by atoms with van der Waals surface area (Å²) in [5.74, 6) is 1.21. The van der Waals surface area contributed by atoms with Gasteiger partial charge in [-0.25, -0.2) is 9.97 Å². The molecule has 0 N–H and O–H groups in total. The summed E-state index contributed by atoms with van der Waals surface area (Å²) in [5.41, 5.74) is 1.03. The van der Waals surface area contributed by atoms with Crippen LogP contribution >= 0.6 is 0 Å². The molecule has 6 heteroatoms. The smallest absolute Gasteiger partial charge is 0.311 e. The molecule has 1 aliphatic carbocycles. The van der Waals surface area contributed by atoms with Crippen molar-refractivity contribution in [3.63, 3.8) is 0 Å². The molecule has 1 saturated carbocycles. The minimum absolute atomic E-state index is 0.0545. The number of ether oxygens (including phenoxy) is 2. The van der Waals surface area contributed by atoms with Crippen molar-refractivity contribution in [1.82, 2.24) is 9.97 Å². The molecule has 0 radical (unpaired) electrons. The molecule has 0 saturated heterocycles. The maximum atomic E-state index is 13.1. The standard InChI is InChI=1S/C28H29N3O3/c1-27(2,3)26-30-16-19(17-31-26)23-24(28(23,4)5)25(32)34-22(15-29)18-10-9-13-21(14-18)33-20-11-7-6-8-12-20/h6-14,16-17,22-24H,1-5H3/t22?,23-,24+/m0/s1. The second-order valence-electron chi connectivity index (χ2n) is 10.3. The molecule has 1 aliphatic rings. The van der Waals surface area contributed by atoms with E-state index in [-0.39, 0.29) is 22.7 Å². The van der Waals surface area contributed by atoms with Gasteiger partial charge in [0.25, 0.3) is 0 Å². The van der Waals surface area contributed by atoms with E-state index < -0.39 is 12.1 Å². The summed E-state index contributed by atoms with van der Waals surface area (Å²) in [6.45, 7) is 10.2. The molecule has 1 aromatic heterocycles. The number of hydrogen-bond donors (Lipinski definition) is 0. The number of carbonyl (C=O) groups excluding carboxylic acids is 1. The molecule has 6 nitrogen and oxygen atoms in total. The third-order valence-electron chi connectivity index (χ3n) is 6.27. The molecule has 3 aromatic rings. The minimum Gasteiger partial charge on any atom is -0.457 e. The summed E-state index contributed by atoms with van der Waals surface area (Å²) in [5, 5.41) is 9.74. The van der Waals surface area contributed by atoms with E-state index in [1.807, 2.05) is 44.2 Å².